The molecular weight excluding hydrogens is 448 g/mol. The summed E-state index contributed by atoms with van der Waals surface area (Å²) in [4.78, 5) is 13.0. The van der Waals surface area contributed by atoms with Crippen LogP contribution < -0.4 is 10.0 Å². The number of anilines is 1. The number of para-hydroxylation sites is 1. The van der Waals surface area contributed by atoms with Crippen molar-refractivity contribution in [3.05, 3.63) is 59.2 Å². The van der Waals surface area contributed by atoms with Gasteiger partial charge in [-0.1, -0.05) is 52.0 Å². The molecular formula is C23H30N2O5S2. The third kappa shape index (κ3) is 5.57. The van der Waals surface area contributed by atoms with E-state index in [2.05, 4.69) is 37.7 Å². The summed E-state index contributed by atoms with van der Waals surface area (Å²) in [6.45, 7) is 8.21. The number of carbonyl (C=O) groups is 1. The standard InChI is InChI=1S/C23H30N2O5S2/c1-15(2)20-9-6-10-21(16(3)4)22(20)24-23(26)17-7-5-8-19(13-17)32(29,30)25-18-11-12-31(27,28)14-18/h5-10,13,15-16,18,25H,11-12,14H2,1-4H3,(H,24,26). The van der Waals surface area contributed by atoms with E-state index in [0.717, 1.165) is 16.8 Å². The van der Waals surface area contributed by atoms with E-state index in [1.54, 1.807) is 6.07 Å². The van der Waals surface area contributed by atoms with Crippen LogP contribution in [0.3, 0.4) is 0 Å². The van der Waals surface area contributed by atoms with E-state index in [9.17, 15) is 21.6 Å². The summed E-state index contributed by atoms with van der Waals surface area (Å²) in [6.07, 6.45) is 0.242. The molecule has 1 fully saturated rings. The number of sulfone groups is 1. The van der Waals surface area contributed by atoms with Crippen LogP contribution in [0.2, 0.25) is 0 Å². The van der Waals surface area contributed by atoms with Gasteiger partial charge in [-0.3, -0.25) is 4.79 Å². The van der Waals surface area contributed by atoms with Crippen LogP contribution in [0.25, 0.3) is 0 Å². The van der Waals surface area contributed by atoms with Gasteiger partial charge >= 0.3 is 0 Å². The Morgan fingerprint density at radius 2 is 1.59 bits per heavy atom. The maximum atomic E-state index is 13.1. The molecule has 32 heavy (non-hydrogen) atoms. The minimum atomic E-state index is -3.96. The molecule has 9 heteroatoms. The first-order valence-electron chi connectivity index (χ1n) is 10.7. The number of amides is 1. The van der Waals surface area contributed by atoms with Crippen LogP contribution in [0, 0.1) is 0 Å². The largest absolute Gasteiger partial charge is 0.321 e. The third-order valence-electron chi connectivity index (χ3n) is 5.57. The zero-order valence-electron chi connectivity index (χ0n) is 18.8. The maximum absolute atomic E-state index is 13.1. The summed E-state index contributed by atoms with van der Waals surface area (Å²) in [7, 11) is -7.18. The average Bonchev–Trinajstić information content (AvgIpc) is 3.05. The molecule has 0 aliphatic carbocycles. The van der Waals surface area contributed by atoms with Gasteiger partial charge in [0.1, 0.15) is 0 Å². The predicted octanol–water partition coefficient (Wildman–Crippen LogP) is 3.65. The van der Waals surface area contributed by atoms with Crippen molar-refractivity contribution in [3.8, 4) is 0 Å². The van der Waals surface area contributed by atoms with Crippen molar-refractivity contribution in [2.24, 2.45) is 0 Å². The van der Waals surface area contributed by atoms with Gasteiger partial charge in [0.2, 0.25) is 10.0 Å². The fourth-order valence-electron chi connectivity index (χ4n) is 3.86. The van der Waals surface area contributed by atoms with Crippen LogP contribution in [-0.4, -0.2) is 40.3 Å². The van der Waals surface area contributed by atoms with Crippen molar-refractivity contribution >= 4 is 31.5 Å². The highest BCUT2D eigenvalue weighted by atomic mass is 32.2. The molecule has 174 valence electrons. The Bertz CT molecular complexity index is 1190. The molecule has 1 heterocycles. The number of nitrogens with one attached hydrogen (secondary N) is 2. The van der Waals surface area contributed by atoms with Crippen molar-refractivity contribution in [2.45, 2.75) is 56.9 Å². The highest BCUT2D eigenvalue weighted by molar-refractivity contribution is 7.92. The first-order valence-corrected chi connectivity index (χ1v) is 14.0. The Morgan fingerprint density at radius 1 is 1.00 bits per heavy atom. The zero-order chi connectivity index (χ0) is 23.7. The third-order valence-corrected chi connectivity index (χ3v) is 8.86. The molecule has 1 aliphatic heterocycles. The van der Waals surface area contributed by atoms with Crippen LogP contribution in [0.5, 0.6) is 0 Å². The molecule has 0 aromatic heterocycles. The molecule has 1 aliphatic rings. The maximum Gasteiger partial charge on any atom is 0.255 e. The lowest BCUT2D eigenvalue weighted by molar-refractivity contribution is 0.102. The number of benzene rings is 2. The fourth-order valence-corrected chi connectivity index (χ4v) is 6.96. The van der Waals surface area contributed by atoms with Crippen molar-refractivity contribution in [1.82, 2.24) is 4.72 Å². The smallest absolute Gasteiger partial charge is 0.255 e. The van der Waals surface area contributed by atoms with Gasteiger partial charge in [-0.05, 0) is 47.6 Å². The summed E-state index contributed by atoms with van der Waals surface area (Å²) >= 11 is 0. The van der Waals surface area contributed by atoms with E-state index in [0.29, 0.717) is 0 Å². The molecule has 2 aromatic carbocycles. The summed E-state index contributed by atoms with van der Waals surface area (Å²) in [5.74, 6) is -0.252. The summed E-state index contributed by atoms with van der Waals surface area (Å²) in [5, 5.41) is 2.99. The van der Waals surface area contributed by atoms with Crippen LogP contribution >= 0.6 is 0 Å². The fraction of sp³-hybridized carbons (Fsp3) is 0.435. The molecule has 3 rings (SSSR count). The molecule has 1 atom stereocenters. The summed E-state index contributed by atoms with van der Waals surface area (Å²) < 4.78 is 51.3. The van der Waals surface area contributed by atoms with E-state index in [1.807, 2.05) is 18.2 Å². The van der Waals surface area contributed by atoms with Gasteiger partial charge in [0, 0.05) is 17.3 Å². The molecule has 1 saturated heterocycles. The van der Waals surface area contributed by atoms with Crippen LogP contribution in [-0.2, 0) is 19.9 Å². The normalized spacial score (nSPS) is 18.2. The van der Waals surface area contributed by atoms with E-state index in [-0.39, 0.29) is 40.2 Å². The Hall–Kier alpha value is -2.23. The second-order valence-electron chi connectivity index (χ2n) is 8.82. The Morgan fingerprint density at radius 3 is 2.12 bits per heavy atom. The van der Waals surface area contributed by atoms with Crippen LogP contribution in [0.4, 0.5) is 5.69 Å². The first-order chi connectivity index (χ1) is 14.9. The first kappa shape index (κ1) is 24.4. The summed E-state index contributed by atoms with van der Waals surface area (Å²) in [6, 6.07) is 11.0. The number of hydrogen-bond acceptors (Lipinski definition) is 5. The number of hydrogen-bond donors (Lipinski definition) is 2. The van der Waals surface area contributed by atoms with Crippen molar-refractivity contribution in [2.75, 3.05) is 16.8 Å². The van der Waals surface area contributed by atoms with E-state index >= 15 is 0 Å². The van der Waals surface area contributed by atoms with Gasteiger partial charge in [-0.2, -0.15) is 0 Å². The van der Waals surface area contributed by atoms with Gasteiger partial charge in [0.25, 0.3) is 5.91 Å². The Kier molecular flexibility index (Phi) is 7.12. The second kappa shape index (κ2) is 9.33. The number of carbonyl (C=O) groups excluding carboxylic acids is 1. The van der Waals surface area contributed by atoms with Gasteiger partial charge in [-0.15, -0.1) is 0 Å². The zero-order valence-corrected chi connectivity index (χ0v) is 20.4. The molecule has 1 unspecified atom stereocenters. The van der Waals surface area contributed by atoms with E-state index < -0.39 is 31.8 Å². The SMILES string of the molecule is CC(C)c1cccc(C(C)C)c1NC(=O)c1cccc(S(=O)(=O)NC2CCS(=O)(=O)C2)c1. The molecule has 2 N–H and O–H groups in total. The Balaban J connectivity index is 1.87. The Labute approximate surface area is 190 Å². The van der Waals surface area contributed by atoms with Gasteiger partial charge in [0.15, 0.2) is 9.84 Å². The minimum Gasteiger partial charge on any atom is -0.321 e. The molecule has 0 bridgehead atoms. The molecule has 0 spiro atoms. The quantitative estimate of drug-likeness (QED) is 0.631. The molecule has 0 radical (unpaired) electrons. The van der Waals surface area contributed by atoms with Crippen LogP contribution in [0.1, 0.15) is 67.4 Å². The van der Waals surface area contributed by atoms with E-state index in [4.69, 9.17) is 0 Å². The lowest BCUT2D eigenvalue weighted by Gasteiger charge is -2.20. The number of sulfonamides is 1. The van der Waals surface area contributed by atoms with Gasteiger partial charge < -0.3 is 5.32 Å². The monoisotopic (exact) mass is 478 g/mol. The minimum absolute atomic E-state index is 0.0317. The lowest BCUT2D eigenvalue weighted by Crippen LogP contribution is -2.35. The molecule has 1 amide bonds. The highest BCUT2D eigenvalue weighted by Crippen LogP contribution is 2.32. The predicted molar refractivity (Wildman–Crippen MR) is 126 cm³/mol. The molecule has 7 nitrogen and oxygen atoms in total. The van der Waals surface area contributed by atoms with Gasteiger partial charge in [-0.25, -0.2) is 21.6 Å². The summed E-state index contributed by atoms with van der Waals surface area (Å²) in [5.41, 5.74) is 2.99. The van der Waals surface area contributed by atoms with E-state index in [1.165, 1.54) is 18.2 Å². The highest BCUT2D eigenvalue weighted by Gasteiger charge is 2.31. The second-order valence-corrected chi connectivity index (χ2v) is 12.8. The van der Waals surface area contributed by atoms with Crippen molar-refractivity contribution < 1.29 is 21.6 Å². The molecule has 0 saturated carbocycles. The number of rotatable bonds is 7. The molecule has 2 aromatic rings. The van der Waals surface area contributed by atoms with Crippen molar-refractivity contribution in [3.63, 3.8) is 0 Å². The van der Waals surface area contributed by atoms with Gasteiger partial charge in [0.05, 0.1) is 16.4 Å². The topological polar surface area (TPSA) is 109 Å². The average molecular weight is 479 g/mol. The van der Waals surface area contributed by atoms with Crippen LogP contribution in [0.15, 0.2) is 47.4 Å². The van der Waals surface area contributed by atoms with Crippen molar-refractivity contribution in [1.29, 1.82) is 0 Å². The lowest BCUT2D eigenvalue weighted by atomic mass is 9.92.